The Hall–Kier alpha value is -5.38. The summed E-state index contributed by atoms with van der Waals surface area (Å²) in [6.45, 7) is 14.2. The van der Waals surface area contributed by atoms with Crippen molar-refractivity contribution in [2.75, 3.05) is 6.61 Å². The summed E-state index contributed by atoms with van der Waals surface area (Å²) in [6.07, 6.45) is 1.76. The average molecular weight is 999 g/mol. The number of esters is 2. The van der Waals surface area contributed by atoms with Crippen LogP contribution in [0.1, 0.15) is 107 Å². The summed E-state index contributed by atoms with van der Waals surface area (Å²) in [6, 6.07) is 24.0. The number of para-hydroxylation sites is 3. The number of alkyl carbamates (subject to hydrolysis) is 2. The van der Waals surface area contributed by atoms with E-state index in [4.69, 9.17) is 28.4 Å². The summed E-state index contributed by atoms with van der Waals surface area (Å²) >= 11 is -0.0971. The van der Waals surface area contributed by atoms with Crippen molar-refractivity contribution in [1.82, 2.24) is 10.6 Å². The first-order chi connectivity index (χ1) is 31.7. The normalized spacial score (nSPS) is 23.8. The third-order valence-corrected chi connectivity index (χ3v) is 13.2. The number of nitrogens with one attached hydrogen (secondary N) is 2. The van der Waals surface area contributed by atoms with Crippen LogP contribution in [-0.4, -0.2) is 103 Å². The van der Waals surface area contributed by atoms with Crippen LogP contribution < -0.4 is 24.6 Å². The SMILES string of the molecule is C[C@@H]1OC(=O)[C@@H](NC(=O)OC(C)(C)C)CCC[C@H](CCO)[C@H]1Oc1ccccc1.C[C@@H]1OC(=O)[C@@H](NC(=O)OC(C)(C)C)CCC[C@H](CC[Se]c2ccccc2[N+](=O)[O-])[C@H]1Oc1ccccc1. The number of carbonyl (C=O) groups excluding carboxylic acids is 4. The van der Waals surface area contributed by atoms with E-state index in [-0.39, 0.29) is 44.0 Å². The molecule has 2 amide bonds. The molecule has 2 heterocycles. The second-order valence-corrected chi connectivity index (χ2v) is 21.1. The van der Waals surface area contributed by atoms with Gasteiger partial charge >= 0.3 is 242 Å². The van der Waals surface area contributed by atoms with E-state index in [1.165, 1.54) is 6.07 Å². The van der Waals surface area contributed by atoms with Gasteiger partial charge in [-0.1, -0.05) is 24.6 Å². The number of hydrogen-bond donors (Lipinski definition) is 3. The van der Waals surface area contributed by atoms with E-state index in [1.54, 1.807) is 54.5 Å². The molecule has 2 aliphatic heterocycles. The Labute approximate surface area is 400 Å². The van der Waals surface area contributed by atoms with Gasteiger partial charge in [-0.2, -0.15) is 0 Å². The van der Waals surface area contributed by atoms with Crippen LogP contribution in [0.4, 0.5) is 15.3 Å². The van der Waals surface area contributed by atoms with E-state index in [2.05, 4.69) is 10.6 Å². The minimum absolute atomic E-state index is 0.0169. The van der Waals surface area contributed by atoms with Gasteiger partial charge in [-0.15, -0.1) is 0 Å². The van der Waals surface area contributed by atoms with Crippen molar-refractivity contribution in [2.24, 2.45) is 11.8 Å². The first kappa shape index (κ1) is 54.2. The Balaban J connectivity index is 0.000000304. The van der Waals surface area contributed by atoms with Crippen LogP contribution in [0.2, 0.25) is 5.32 Å². The molecule has 8 atom stereocenters. The number of cyclic esters (lactones) is 2. The van der Waals surface area contributed by atoms with Crippen LogP contribution in [0, 0.1) is 22.0 Å². The number of nitrogens with zero attached hydrogens (tertiary/aromatic N) is 1. The van der Waals surface area contributed by atoms with Gasteiger partial charge in [-0.05, 0) is 59.1 Å². The maximum absolute atomic E-state index is 13.0. The van der Waals surface area contributed by atoms with Gasteiger partial charge in [0.15, 0.2) is 0 Å². The fourth-order valence-electron chi connectivity index (χ4n) is 7.86. The number of nitro groups is 1. The molecule has 16 nitrogen and oxygen atoms in total. The van der Waals surface area contributed by atoms with Crippen molar-refractivity contribution in [3.63, 3.8) is 0 Å². The van der Waals surface area contributed by atoms with Crippen molar-refractivity contribution in [3.05, 3.63) is 95.0 Å². The number of aliphatic hydroxyl groups excluding tert-OH is 1. The molecule has 368 valence electrons. The van der Waals surface area contributed by atoms with Gasteiger partial charge in [0.05, 0.1) is 0 Å². The van der Waals surface area contributed by atoms with Crippen molar-refractivity contribution in [3.8, 4) is 11.5 Å². The van der Waals surface area contributed by atoms with Gasteiger partial charge < -0.3 is 24.6 Å². The molecule has 0 radical (unpaired) electrons. The van der Waals surface area contributed by atoms with Crippen molar-refractivity contribution < 1.29 is 57.6 Å². The zero-order valence-corrected chi connectivity index (χ0v) is 41.7. The monoisotopic (exact) mass is 999 g/mol. The summed E-state index contributed by atoms with van der Waals surface area (Å²) in [5.41, 5.74) is -1.19. The molecule has 67 heavy (non-hydrogen) atoms. The number of benzene rings is 3. The molecule has 2 aliphatic rings. The van der Waals surface area contributed by atoms with Crippen LogP contribution >= 0.6 is 0 Å². The Morgan fingerprint density at radius 1 is 0.687 bits per heavy atom. The van der Waals surface area contributed by atoms with E-state index in [0.29, 0.717) is 43.6 Å². The van der Waals surface area contributed by atoms with Gasteiger partial charge in [0, 0.05) is 12.5 Å². The van der Waals surface area contributed by atoms with Crippen molar-refractivity contribution >= 4 is 49.2 Å². The Morgan fingerprint density at radius 2 is 1.10 bits per heavy atom. The summed E-state index contributed by atoms with van der Waals surface area (Å²) < 4.78 is 35.4. The van der Waals surface area contributed by atoms with Crippen molar-refractivity contribution in [1.29, 1.82) is 0 Å². The maximum atomic E-state index is 13.0. The van der Waals surface area contributed by atoms with E-state index in [9.17, 15) is 34.4 Å². The molecule has 3 aromatic carbocycles. The van der Waals surface area contributed by atoms with Crippen LogP contribution in [-0.2, 0) is 28.5 Å². The van der Waals surface area contributed by atoms with Gasteiger partial charge in [0.1, 0.15) is 29.6 Å². The minimum atomic E-state index is -0.820. The third kappa shape index (κ3) is 19.0. The van der Waals surface area contributed by atoms with E-state index in [0.717, 1.165) is 29.0 Å². The number of ether oxygens (including phenoxy) is 6. The predicted molar refractivity (Wildman–Crippen MR) is 253 cm³/mol. The summed E-state index contributed by atoms with van der Waals surface area (Å²) in [4.78, 5) is 61.3. The molecular formula is C50H69N3O13Se. The predicted octanol–water partition coefficient (Wildman–Crippen LogP) is 8.25. The molecule has 0 bridgehead atoms. The molecule has 0 unspecified atom stereocenters. The van der Waals surface area contributed by atoms with E-state index < -0.39 is 71.8 Å². The molecule has 0 aliphatic carbocycles. The first-order valence-corrected chi connectivity index (χ1v) is 25.1. The molecule has 0 aromatic heterocycles. The Kier molecular flexibility index (Phi) is 21.2. The fourth-order valence-corrected chi connectivity index (χ4v) is 10.2. The average Bonchev–Trinajstić information content (AvgIpc) is 3.33. The molecule has 0 spiro atoms. The summed E-state index contributed by atoms with van der Waals surface area (Å²) in [7, 11) is 0. The Morgan fingerprint density at radius 3 is 1.52 bits per heavy atom. The molecule has 3 aromatic rings. The number of nitro benzene ring substituents is 1. The topological polar surface area (TPSA) is 211 Å². The molecule has 2 saturated heterocycles. The van der Waals surface area contributed by atoms with Crippen LogP contribution in [0.15, 0.2) is 84.9 Å². The molecule has 5 rings (SSSR count). The molecule has 0 saturated carbocycles. The van der Waals surface area contributed by atoms with Gasteiger partial charge in [-0.25, -0.2) is 9.59 Å². The summed E-state index contributed by atoms with van der Waals surface area (Å²) in [5.74, 6) is 0.402. The van der Waals surface area contributed by atoms with E-state index in [1.807, 2.05) is 79.7 Å². The molecule has 2 fully saturated rings. The van der Waals surface area contributed by atoms with Gasteiger partial charge in [-0.3, -0.25) is 0 Å². The van der Waals surface area contributed by atoms with Crippen molar-refractivity contribution in [2.45, 2.75) is 160 Å². The number of carbonyl (C=O) groups is 4. The van der Waals surface area contributed by atoms with Gasteiger partial charge in [0.25, 0.3) is 0 Å². The Bertz CT molecular complexity index is 2030. The third-order valence-electron chi connectivity index (χ3n) is 10.9. The summed E-state index contributed by atoms with van der Waals surface area (Å²) in [5, 5.41) is 27.0. The number of hydrogen-bond acceptors (Lipinski definition) is 13. The second-order valence-electron chi connectivity index (χ2n) is 18.7. The fraction of sp³-hybridized carbons (Fsp3) is 0.560. The number of amides is 2. The standard InChI is InChI=1S/C28H36N2O7Se.C22H33NO6/c1-19-25(36-21-12-6-5-7-13-21)20(17-18-38-24-16-9-8-15-23(24)30(33)34)11-10-14-22(26(31)35-19)29-27(32)37-28(2,3)4;1-15-19(28-17-10-6-5-7-11-17)16(13-14-24)9-8-12-18(20(25)27-15)23-21(26)29-22(2,3)4/h5-9,12-13,15-16,19-20,22,25H,10-11,14,17-18H2,1-4H3,(H,29,32);5-7,10-11,15-16,18-19,24H,8-9,12-14H2,1-4H3,(H,23,26)/t19-,20+,22-,25-;15-,16+,18-,19-/m00/s1. The van der Waals surface area contributed by atoms with E-state index >= 15 is 0 Å². The van der Waals surface area contributed by atoms with Gasteiger partial charge in [0.2, 0.25) is 0 Å². The van der Waals surface area contributed by atoms with Crippen LogP contribution in [0.5, 0.6) is 11.5 Å². The first-order valence-electron chi connectivity index (χ1n) is 23.0. The zero-order valence-electron chi connectivity index (χ0n) is 40.0. The van der Waals surface area contributed by atoms with Crippen LogP contribution in [0.3, 0.4) is 0 Å². The molecule has 17 heteroatoms. The number of rotatable bonds is 13. The zero-order chi connectivity index (χ0) is 49.1. The quantitative estimate of drug-likeness (QED) is 0.0485. The second kappa shape index (κ2) is 26.2. The number of aliphatic hydroxyl groups is 1. The molecule has 3 N–H and O–H groups in total. The van der Waals surface area contributed by atoms with Crippen LogP contribution in [0.25, 0.3) is 0 Å². The molecular weight excluding hydrogens is 930 g/mol.